The molecule has 0 atom stereocenters. The lowest BCUT2D eigenvalue weighted by Crippen LogP contribution is -2.37. The monoisotopic (exact) mass is 352 g/mol. The van der Waals surface area contributed by atoms with Crippen molar-refractivity contribution in [2.75, 3.05) is 27.7 Å². The average molecular weight is 352 g/mol. The first-order valence-electron chi connectivity index (χ1n) is 8.89. The Hall–Kier alpha value is -2.82. The van der Waals surface area contributed by atoms with Gasteiger partial charge in [-0.15, -0.1) is 0 Å². The Morgan fingerprint density at radius 3 is 2.27 bits per heavy atom. The Morgan fingerprint density at radius 2 is 1.65 bits per heavy atom. The number of hydrogen-bond acceptors (Lipinski definition) is 2. The number of nitrogens with one attached hydrogen (secondary N) is 2. The molecule has 0 aromatic heterocycles. The normalized spacial score (nSPS) is 11.1. The molecular weight excluding hydrogens is 324 g/mol. The van der Waals surface area contributed by atoms with Crippen molar-refractivity contribution in [3.8, 4) is 0 Å². The topological polar surface area (TPSA) is 56.7 Å². The molecule has 2 aromatic carbocycles. The molecular formula is C21H28N4O. The van der Waals surface area contributed by atoms with Gasteiger partial charge in [-0.05, 0) is 36.1 Å². The molecule has 5 heteroatoms. The van der Waals surface area contributed by atoms with Gasteiger partial charge in [-0.2, -0.15) is 0 Å². The summed E-state index contributed by atoms with van der Waals surface area (Å²) in [4.78, 5) is 17.7. The predicted molar refractivity (Wildman–Crippen MR) is 107 cm³/mol. The minimum atomic E-state index is 0.0143. The van der Waals surface area contributed by atoms with E-state index in [0.717, 1.165) is 30.9 Å². The van der Waals surface area contributed by atoms with Crippen LogP contribution in [-0.4, -0.2) is 44.5 Å². The van der Waals surface area contributed by atoms with E-state index < -0.39 is 0 Å². The summed E-state index contributed by atoms with van der Waals surface area (Å²) in [6.07, 6.45) is 2.10. The van der Waals surface area contributed by atoms with Gasteiger partial charge in [0.2, 0.25) is 0 Å². The predicted octanol–water partition coefficient (Wildman–Crippen LogP) is 2.69. The molecule has 2 rings (SSSR count). The van der Waals surface area contributed by atoms with Crippen molar-refractivity contribution in [2.24, 2.45) is 4.99 Å². The quantitative estimate of drug-likeness (QED) is 0.458. The summed E-state index contributed by atoms with van der Waals surface area (Å²) in [5.74, 6) is 0.798. The van der Waals surface area contributed by atoms with Gasteiger partial charge in [0.1, 0.15) is 0 Å². The molecule has 0 saturated carbocycles. The third kappa shape index (κ3) is 6.24. The van der Waals surface area contributed by atoms with E-state index >= 15 is 0 Å². The highest BCUT2D eigenvalue weighted by atomic mass is 16.2. The zero-order chi connectivity index (χ0) is 18.8. The van der Waals surface area contributed by atoms with Crippen LogP contribution < -0.4 is 10.6 Å². The Bertz CT molecular complexity index is 709. The van der Waals surface area contributed by atoms with Gasteiger partial charge in [0.05, 0.1) is 0 Å². The SMILES string of the molecule is CN=C(NCCCc1ccccc1)NCc1ccc(C(=O)N(C)C)cc1. The maximum Gasteiger partial charge on any atom is 0.253 e. The van der Waals surface area contributed by atoms with Crippen LogP contribution in [0, 0.1) is 0 Å². The number of amides is 1. The van der Waals surface area contributed by atoms with Crippen LogP contribution >= 0.6 is 0 Å². The summed E-state index contributed by atoms with van der Waals surface area (Å²) in [7, 11) is 5.28. The molecule has 0 unspecified atom stereocenters. The van der Waals surface area contributed by atoms with Crippen LogP contribution in [0.25, 0.3) is 0 Å². The molecule has 138 valence electrons. The molecule has 2 N–H and O–H groups in total. The lowest BCUT2D eigenvalue weighted by atomic mass is 10.1. The second kappa shape index (κ2) is 10.2. The Kier molecular flexibility index (Phi) is 7.68. The minimum Gasteiger partial charge on any atom is -0.356 e. The molecule has 0 bridgehead atoms. The molecule has 2 aromatic rings. The smallest absolute Gasteiger partial charge is 0.253 e. The molecule has 0 saturated heterocycles. The van der Waals surface area contributed by atoms with Crippen molar-refractivity contribution in [1.29, 1.82) is 0 Å². The Morgan fingerprint density at radius 1 is 0.962 bits per heavy atom. The van der Waals surface area contributed by atoms with Crippen LogP contribution in [0.1, 0.15) is 27.9 Å². The molecule has 0 heterocycles. The third-order valence-electron chi connectivity index (χ3n) is 4.07. The highest BCUT2D eigenvalue weighted by Crippen LogP contribution is 2.06. The van der Waals surface area contributed by atoms with E-state index in [4.69, 9.17) is 0 Å². The standard InChI is InChI=1S/C21H28N4O/c1-22-21(23-15-7-10-17-8-5-4-6-9-17)24-16-18-11-13-19(14-12-18)20(26)25(2)3/h4-6,8-9,11-14H,7,10,15-16H2,1-3H3,(H2,22,23,24). The second-order valence-electron chi connectivity index (χ2n) is 6.34. The fourth-order valence-electron chi connectivity index (χ4n) is 2.57. The molecule has 26 heavy (non-hydrogen) atoms. The summed E-state index contributed by atoms with van der Waals surface area (Å²) in [6, 6.07) is 18.1. The third-order valence-corrected chi connectivity index (χ3v) is 4.07. The number of benzene rings is 2. The van der Waals surface area contributed by atoms with Gasteiger partial charge >= 0.3 is 0 Å². The van der Waals surface area contributed by atoms with Crippen LogP contribution in [0.2, 0.25) is 0 Å². The molecule has 0 fully saturated rings. The van der Waals surface area contributed by atoms with Gasteiger partial charge in [0.15, 0.2) is 5.96 Å². The van der Waals surface area contributed by atoms with Gasteiger partial charge in [0, 0.05) is 39.8 Å². The number of hydrogen-bond donors (Lipinski definition) is 2. The fraction of sp³-hybridized carbons (Fsp3) is 0.333. The van der Waals surface area contributed by atoms with Crippen molar-refractivity contribution >= 4 is 11.9 Å². The second-order valence-corrected chi connectivity index (χ2v) is 6.34. The van der Waals surface area contributed by atoms with E-state index in [9.17, 15) is 4.79 Å². The first-order chi connectivity index (χ1) is 12.6. The first kappa shape index (κ1) is 19.5. The van der Waals surface area contributed by atoms with E-state index in [1.807, 2.05) is 30.3 Å². The van der Waals surface area contributed by atoms with Crippen LogP contribution in [0.15, 0.2) is 59.6 Å². The molecule has 5 nitrogen and oxygen atoms in total. The first-order valence-corrected chi connectivity index (χ1v) is 8.89. The lowest BCUT2D eigenvalue weighted by Gasteiger charge is -2.13. The maximum atomic E-state index is 11.9. The lowest BCUT2D eigenvalue weighted by molar-refractivity contribution is 0.0827. The molecule has 0 spiro atoms. The van der Waals surface area contributed by atoms with E-state index in [1.54, 1.807) is 26.0 Å². The molecule has 0 aliphatic carbocycles. The average Bonchev–Trinajstić information content (AvgIpc) is 2.68. The van der Waals surface area contributed by atoms with Gasteiger partial charge in [-0.25, -0.2) is 0 Å². The van der Waals surface area contributed by atoms with E-state index in [0.29, 0.717) is 12.1 Å². The summed E-state index contributed by atoms with van der Waals surface area (Å²) < 4.78 is 0. The number of carbonyl (C=O) groups is 1. The number of rotatable bonds is 7. The Balaban J connectivity index is 1.73. The summed E-state index contributed by atoms with van der Waals surface area (Å²) in [5, 5.41) is 6.63. The molecule has 1 amide bonds. The van der Waals surface area contributed by atoms with Crippen LogP contribution in [0.5, 0.6) is 0 Å². The van der Waals surface area contributed by atoms with Crippen molar-refractivity contribution < 1.29 is 4.79 Å². The minimum absolute atomic E-state index is 0.0143. The van der Waals surface area contributed by atoms with Gasteiger partial charge in [-0.3, -0.25) is 9.79 Å². The number of carbonyl (C=O) groups excluding carboxylic acids is 1. The largest absolute Gasteiger partial charge is 0.356 e. The van der Waals surface area contributed by atoms with Crippen molar-refractivity contribution in [3.05, 3.63) is 71.3 Å². The summed E-state index contributed by atoms with van der Waals surface area (Å²) in [5.41, 5.74) is 3.15. The van der Waals surface area contributed by atoms with Gasteiger partial charge in [-0.1, -0.05) is 42.5 Å². The van der Waals surface area contributed by atoms with E-state index in [-0.39, 0.29) is 5.91 Å². The van der Waals surface area contributed by atoms with E-state index in [1.165, 1.54) is 5.56 Å². The highest BCUT2D eigenvalue weighted by Gasteiger charge is 2.07. The van der Waals surface area contributed by atoms with Crippen molar-refractivity contribution in [1.82, 2.24) is 15.5 Å². The van der Waals surface area contributed by atoms with E-state index in [2.05, 4.69) is 39.9 Å². The summed E-state index contributed by atoms with van der Waals surface area (Å²) >= 11 is 0. The molecule has 0 radical (unpaired) electrons. The van der Waals surface area contributed by atoms with Crippen molar-refractivity contribution in [3.63, 3.8) is 0 Å². The number of aliphatic imine (C=N–C) groups is 1. The zero-order valence-corrected chi connectivity index (χ0v) is 15.8. The number of nitrogens with zero attached hydrogens (tertiary/aromatic N) is 2. The molecule has 0 aliphatic heterocycles. The van der Waals surface area contributed by atoms with Crippen LogP contribution in [0.4, 0.5) is 0 Å². The highest BCUT2D eigenvalue weighted by molar-refractivity contribution is 5.93. The number of guanidine groups is 1. The molecule has 0 aliphatic rings. The Labute approximate surface area is 156 Å². The zero-order valence-electron chi connectivity index (χ0n) is 15.8. The van der Waals surface area contributed by atoms with Crippen molar-refractivity contribution in [2.45, 2.75) is 19.4 Å². The maximum absolute atomic E-state index is 11.9. The number of aryl methyl sites for hydroxylation is 1. The van der Waals surface area contributed by atoms with Gasteiger partial charge < -0.3 is 15.5 Å². The fourth-order valence-corrected chi connectivity index (χ4v) is 2.57. The summed E-state index contributed by atoms with van der Waals surface area (Å²) in [6.45, 7) is 1.53. The van der Waals surface area contributed by atoms with Crippen LogP contribution in [0.3, 0.4) is 0 Å². The van der Waals surface area contributed by atoms with Crippen LogP contribution in [-0.2, 0) is 13.0 Å². The van der Waals surface area contributed by atoms with Gasteiger partial charge in [0.25, 0.3) is 5.91 Å².